The first-order valence-electron chi connectivity index (χ1n) is 17.6. The number of methoxy groups -OCH3 is 1. The Hall–Kier alpha value is -4.36. The number of piperazine rings is 1. The van der Waals surface area contributed by atoms with Crippen LogP contribution in [0.2, 0.25) is 10.0 Å². The first kappa shape index (κ1) is 37.0. The highest BCUT2D eigenvalue weighted by Gasteiger charge is 2.43. The Morgan fingerprint density at radius 2 is 1.89 bits per heavy atom. The second kappa shape index (κ2) is 15.9. The number of halogens is 4. The molecular weight excluding hydrogens is 727 g/mol. The van der Waals surface area contributed by atoms with Crippen LogP contribution in [0, 0.1) is 11.6 Å². The molecule has 0 spiro atoms. The number of hydrogen-bond acceptors (Lipinski definition) is 8. The molecule has 4 aromatic rings. The molecule has 3 aliphatic rings. The Morgan fingerprint density at radius 3 is 2.62 bits per heavy atom. The fourth-order valence-electron chi connectivity index (χ4n) is 7.09. The highest BCUT2D eigenvalue weighted by Crippen LogP contribution is 2.38. The third-order valence-corrected chi connectivity index (χ3v) is 10.6. The van der Waals surface area contributed by atoms with Gasteiger partial charge in [0.2, 0.25) is 11.8 Å². The van der Waals surface area contributed by atoms with Crippen LogP contribution in [-0.2, 0) is 33.9 Å². The summed E-state index contributed by atoms with van der Waals surface area (Å²) in [7, 11) is 1.69. The fourth-order valence-corrected chi connectivity index (χ4v) is 7.52. The molecule has 1 aliphatic carbocycles. The van der Waals surface area contributed by atoms with E-state index in [2.05, 4.69) is 21.5 Å². The molecule has 2 amide bonds. The topological polar surface area (TPSA) is 110 Å². The lowest BCUT2D eigenvalue weighted by Gasteiger charge is -2.44. The van der Waals surface area contributed by atoms with Gasteiger partial charge in [-0.3, -0.25) is 9.59 Å². The standard InChI is InChI=1S/C39H39Cl2F2N5O5/c1-22(49)47-19-26-15-29(24-6-12-35(44-17-24)52-21-28-16-33(46-53-28)37-31(42)10-11-32(43)38(37)41)36(34(20-47)45-26)39(50)48(27-7-8-27)18-25-14-23(4-3-13-51-2)5-9-30(25)40/h5-6,9-12,14,16-17,26-27,34,45H,3-4,7-8,13,15,18-21H2,1-2H3/t26-,34-/m1/s1. The van der Waals surface area contributed by atoms with Crippen molar-refractivity contribution in [3.8, 4) is 17.1 Å². The van der Waals surface area contributed by atoms with Gasteiger partial charge >= 0.3 is 0 Å². The van der Waals surface area contributed by atoms with Crippen LogP contribution in [0.4, 0.5) is 8.78 Å². The van der Waals surface area contributed by atoms with Crippen molar-refractivity contribution in [3.63, 3.8) is 0 Å². The van der Waals surface area contributed by atoms with Gasteiger partial charge in [0.1, 0.15) is 17.3 Å². The molecule has 0 unspecified atom stereocenters. The second-order valence-corrected chi connectivity index (χ2v) is 14.5. The summed E-state index contributed by atoms with van der Waals surface area (Å²) in [4.78, 5) is 35.6. The quantitative estimate of drug-likeness (QED) is 0.114. The molecule has 53 heavy (non-hydrogen) atoms. The SMILES string of the molecule is COCCCc1ccc(Cl)c(CN(C(=O)C2=C(c3ccc(OCc4cc(-c5c(F)ccc(F)c5Cl)no4)nc3)C[C@@H]3CN(C(C)=O)C[C@H]2N3)C2CC2)c1. The average Bonchev–Trinajstić information content (AvgIpc) is 3.89. The zero-order valence-corrected chi connectivity index (χ0v) is 30.9. The number of aryl methyl sites for hydroxylation is 1. The van der Waals surface area contributed by atoms with Crippen molar-refractivity contribution in [2.24, 2.45) is 0 Å². The molecule has 2 fully saturated rings. The number of benzene rings is 2. The van der Waals surface area contributed by atoms with Crippen LogP contribution >= 0.6 is 23.2 Å². The highest BCUT2D eigenvalue weighted by atomic mass is 35.5. The summed E-state index contributed by atoms with van der Waals surface area (Å²) in [5, 5.41) is 7.68. The summed E-state index contributed by atoms with van der Waals surface area (Å²) in [5.41, 5.74) is 4.15. The highest BCUT2D eigenvalue weighted by molar-refractivity contribution is 6.33. The largest absolute Gasteiger partial charge is 0.469 e. The number of carbonyl (C=O) groups is 2. The molecular formula is C39H39Cl2F2N5O5. The lowest BCUT2D eigenvalue weighted by Crippen LogP contribution is -2.61. The maximum Gasteiger partial charge on any atom is 0.252 e. The Morgan fingerprint density at radius 1 is 1.08 bits per heavy atom. The van der Waals surface area contributed by atoms with E-state index in [1.165, 1.54) is 6.07 Å². The van der Waals surface area contributed by atoms with E-state index < -0.39 is 16.7 Å². The number of rotatable bonds is 13. The number of ether oxygens (including phenoxy) is 2. The van der Waals surface area contributed by atoms with Gasteiger partial charge < -0.3 is 29.1 Å². The first-order chi connectivity index (χ1) is 25.6. The molecule has 2 aromatic heterocycles. The van der Waals surface area contributed by atoms with Crippen LogP contribution in [0.25, 0.3) is 16.8 Å². The average molecular weight is 767 g/mol. The molecule has 14 heteroatoms. The fraction of sp³-hybridized carbons (Fsp3) is 0.385. The Kier molecular flexibility index (Phi) is 11.1. The van der Waals surface area contributed by atoms with Gasteiger partial charge in [-0.05, 0) is 78.6 Å². The molecule has 2 aliphatic heterocycles. The smallest absolute Gasteiger partial charge is 0.252 e. The molecule has 0 radical (unpaired) electrons. The molecule has 2 atom stereocenters. The maximum absolute atomic E-state index is 14.8. The number of nitrogens with zero attached hydrogens (tertiary/aromatic N) is 4. The second-order valence-electron chi connectivity index (χ2n) is 13.7. The molecule has 2 bridgehead atoms. The molecule has 1 saturated carbocycles. The molecule has 278 valence electrons. The van der Waals surface area contributed by atoms with Crippen LogP contribution in [0.1, 0.15) is 55.1 Å². The van der Waals surface area contributed by atoms with Gasteiger partial charge in [0.05, 0.1) is 16.6 Å². The van der Waals surface area contributed by atoms with E-state index in [9.17, 15) is 18.4 Å². The van der Waals surface area contributed by atoms with Gasteiger partial charge in [0.25, 0.3) is 5.91 Å². The van der Waals surface area contributed by atoms with Crippen molar-refractivity contribution in [1.29, 1.82) is 0 Å². The van der Waals surface area contributed by atoms with Crippen molar-refractivity contribution in [1.82, 2.24) is 25.3 Å². The van der Waals surface area contributed by atoms with E-state index in [0.717, 1.165) is 60.1 Å². The predicted octanol–water partition coefficient (Wildman–Crippen LogP) is 7.02. The van der Waals surface area contributed by atoms with Gasteiger partial charge in [-0.15, -0.1) is 0 Å². The van der Waals surface area contributed by atoms with Crippen LogP contribution in [0.5, 0.6) is 5.88 Å². The summed E-state index contributed by atoms with van der Waals surface area (Å²) < 4.78 is 44.7. The van der Waals surface area contributed by atoms with Gasteiger partial charge in [0.15, 0.2) is 12.4 Å². The van der Waals surface area contributed by atoms with E-state index >= 15 is 0 Å². The first-order valence-corrected chi connectivity index (χ1v) is 18.4. The zero-order valence-electron chi connectivity index (χ0n) is 29.3. The predicted molar refractivity (Wildman–Crippen MR) is 195 cm³/mol. The zero-order chi connectivity index (χ0) is 37.2. The number of amides is 2. The number of carbonyl (C=O) groups excluding carboxylic acids is 2. The number of aromatic nitrogens is 2. The number of nitrogens with one attached hydrogen (secondary N) is 1. The summed E-state index contributed by atoms with van der Waals surface area (Å²) in [6, 6.07) is 12.6. The monoisotopic (exact) mass is 765 g/mol. The molecule has 1 saturated heterocycles. The molecule has 2 aromatic carbocycles. The number of fused-ring (bicyclic) bond motifs is 2. The Bertz CT molecular complexity index is 2040. The van der Waals surface area contributed by atoms with Gasteiger partial charge in [-0.25, -0.2) is 13.8 Å². The summed E-state index contributed by atoms with van der Waals surface area (Å²) >= 11 is 12.7. The summed E-state index contributed by atoms with van der Waals surface area (Å²) in [6.45, 7) is 3.42. The molecule has 10 nitrogen and oxygen atoms in total. The van der Waals surface area contributed by atoms with Crippen LogP contribution in [0.15, 0.2) is 64.8 Å². The van der Waals surface area contributed by atoms with Crippen LogP contribution in [0.3, 0.4) is 0 Å². The van der Waals surface area contributed by atoms with Crippen LogP contribution in [-0.4, -0.2) is 76.7 Å². The molecule has 4 heterocycles. The van der Waals surface area contributed by atoms with E-state index in [1.54, 1.807) is 31.2 Å². The van der Waals surface area contributed by atoms with Crippen molar-refractivity contribution in [2.45, 2.75) is 70.3 Å². The lowest BCUT2D eigenvalue weighted by atomic mass is 9.83. The third kappa shape index (κ3) is 8.26. The van der Waals surface area contributed by atoms with E-state index in [0.29, 0.717) is 43.3 Å². The van der Waals surface area contributed by atoms with Crippen molar-refractivity contribution >= 4 is 40.6 Å². The molecule has 7 rings (SSSR count). The van der Waals surface area contributed by atoms with Crippen LogP contribution < -0.4 is 10.1 Å². The third-order valence-electron chi connectivity index (χ3n) is 9.90. The Labute approximate surface area is 316 Å². The number of pyridine rings is 1. The molecule has 1 N–H and O–H groups in total. The van der Waals surface area contributed by atoms with E-state index in [-0.39, 0.29) is 59.4 Å². The van der Waals surface area contributed by atoms with E-state index in [1.807, 2.05) is 23.1 Å². The van der Waals surface area contributed by atoms with Crippen molar-refractivity contribution in [3.05, 3.63) is 104 Å². The summed E-state index contributed by atoms with van der Waals surface area (Å²) in [5.74, 6) is -1.08. The maximum atomic E-state index is 14.8. The van der Waals surface area contributed by atoms with Gasteiger partial charge in [-0.2, -0.15) is 0 Å². The minimum Gasteiger partial charge on any atom is -0.469 e. The van der Waals surface area contributed by atoms with Crippen molar-refractivity contribution < 1.29 is 32.4 Å². The normalized spacial score (nSPS) is 18.3. The van der Waals surface area contributed by atoms with Gasteiger partial charge in [-0.1, -0.05) is 40.5 Å². The Balaban J connectivity index is 1.14. The number of hydrogen-bond donors (Lipinski definition) is 1. The van der Waals surface area contributed by atoms with Crippen molar-refractivity contribution in [2.75, 3.05) is 26.8 Å². The lowest BCUT2D eigenvalue weighted by molar-refractivity contribution is -0.132. The summed E-state index contributed by atoms with van der Waals surface area (Å²) in [6.07, 6.45) is 5.74. The minimum atomic E-state index is -0.773. The van der Waals surface area contributed by atoms with E-state index in [4.69, 9.17) is 37.2 Å². The minimum absolute atomic E-state index is 0.0286. The van der Waals surface area contributed by atoms with Gasteiger partial charge in [0, 0.05) is 81.3 Å².